The number of nitrogens with zero attached hydrogens (tertiary/aromatic N) is 1. The van der Waals surface area contributed by atoms with Gasteiger partial charge in [-0.05, 0) is 37.7 Å². The lowest BCUT2D eigenvalue weighted by Gasteiger charge is -2.39. The van der Waals surface area contributed by atoms with Crippen LogP contribution in [0.4, 0.5) is 11.4 Å². The first kappa shape index (κ1) is 13.8. The molecule has 1 aromatic carbocycles. The molecule has 104 valence electrons. The molecule has 2 N–H and O–H groups in total. The van der Waals surface area contributed by atoms with Gasteiger partial charge in [0.15, 0.2) is 0 Å². The highest BCUT2D eigenvalue weighted by Gasteiger charge is 2.33. The summed E-state index contributed by atoms with van der Waals surface area (Å²) < 4.78 is 0. The average Bonchev–Trinajstić information content (AvgIpc) is 2.42. The van der Waals surface area contributed by atoms with E-state index in [2.05, 4.69) is 12.2 Å². The SMILES string of the molecule is CC1CCC(CO)(Nc2cccc([N+](=O)[O-])c2)CC1. The van der Waals surface area contributed by atoms with Crippen molar-refractivity contribution in [3.63, 3.8) is 0 Å². The van der Waals surface area contributed by atoms with Gasteiger partial charge in [-0.15, -0.1) is 0 Å². The molecule has 0 radical (unpaired) electrons. The zero-order valence-corrected chi connectivity index (χ0v) is 11.1. The number of anilines is 1. The summed E-state index contributed by atoms with van der Waals surface area (Å²) >= 11 is 0. The van der Waals surface area contributed by atoms with Crippen LogP contribution in [0.3, 0.4) is 0 Å². The Kier molecular flexibility index (Phi) is 4.04. The fourth-order valence-corrected chi connectivity index (χ4v) is 2.64. The second-order valence-electron chi connectivity index (χ2n) is 5.55. The summed E-state index contributed by atoms with van der Waals surface area (Å²) in [6, 6.07) is 6.47. The lowest BCUT2D eigenvalue weighted by molar-refractivity contribution is -0.384. The Morgan fingerprint density at radius 2 is 2.16 bits per heavy atom. The highest BCUT2D eigenvalue weighted by atomic mass is 16.6. The number of nitro groups is 1. The van der Waals surface area contributed by atoms with Crippen LogP contribution >= 0.6 is 0 Å². The van der Waals surface area contributed by atoms with Crippen molar-refractivity contribution in [2.45, 2.75) is 38.1 Å². The Morgan fingerprint density at radius 1 is 1.47 bits per heavy atom. The van der Waals surface area contributed by atoms with Crippen molar-refractivity contribution in [2.75, 3.05) is 11.9 Å². The monoisotopic (exact) mass is 264 g/mol. The van der Waals surface area contributed by atoms with Crippen molar-refractivity contribution in [3.05, 3.63) is 34.4 Å². The zero-order chi connectivity index (χ0) is 13.9. The molecule has 0 aliphatic heterocycles. The van der Waals surface area contributed by atoms with Gasteiger partial charge in [-0.2, -0.15) is 0 Å². The van der Waals surface area contributed by atoms with E-state index in [9.17, 15) is 15.2 Å². The van der Waals surface area contributed by atoms with Crippen LogP contribution in [0.2, 0.25) is 0 Å². The predicted molar refractivity (Wildman–Crippen MR) is 74.2 cm³/mol. The maximum Gasteiger partial charge on any atom is 0.271 e. The van der Waals surface area contributed by atoms with E-state index < -0.39 is 4.92 Å². The lowest BCUT2D eigenvalue weighted by atomic mass is 9.77. The average molecular weight is 264 g/mol. The highest BCUT2D eigenvalue weighted by molar-refractivity contribution is 5.52. The van der Waals surface area contributed by atoms with Crippen LogP contribution in [0.25, 0.3) is 0 Å². The highest BCUT2D eigenvalue weighted by Crippen LogP contribution is 2.34. The van der Waals surface area contributed by atoms with E-state index in [-0.39, 0.29) is 17.8 Å². The molecule has 1 aliphatic rings. The second-order valence-corrected chi connectivity index (χ2v) is 5.55. The zero-order valence-electron chi connectivity index (χ0n) is 11.1. The first-order chi connectivity index (χ1) is 9.04. The van der Waals surface area contributed by atoms with Gasteiger partial charge >= 0.3 is 0 Å². The van der Waals surface area contributed by atoms with Gasteiger partial charge in [-0.3, -0.25) is 10.1 Å². The standard InChI is InChI=1S/C14H20N2O3/c1-11-5-7-14(10-17,8-6-11)15-12-3-2-4-13(9-12)16(18)19/h2-4,9,11,15,17H,5-8,10H2,1H3. The fraction of sp³-hybridized carbons (Fsp3) is 0.571. The summed E-state index contributed by atoms with van der Waals surface area (Å²) in [5.41, 5.74) is 0.446. The van der Waals surface area contributed by atoms with Gasteiger partial charge in [0, 0.05) is 17.8 Å². The van der Waals surface area contributed by atoms with Crippen molar-refractivity contribution >= 4 is 11.4 Å². The molecule has 2 rings (SSSR count). The number of aliphatic hydroxyl groups excluding tert-OH is 1. The minimum Gasteiger partial charge on any atom is -0.394 e. The third-order valence-corrected chi connectivity index (χ3v) is 4.00. The molecular weight excluding hydrogens is 244 g/mol. The largest absolute Gasteiger partial charge is 0.394 e. The number of aliphatic hydroxyl groups is 1. The van der Waals surface area contributed by atoms with Crippen molar-refractivity contribution in [1.82, 2.24) is 0 Å². The molecular formula is C14H20N2O3. The van der Waals surface area contributed by atoms with E-state index in [4.69, 9.17) is 0 Å². The minimum atomic E-state index is -0.403. The molecule has 19 heavy (non-hydrogen) atoms. The van der Waals surface area contributed by atoms with Crippen molar-refractivity contribution in [3.8, 4) is 0 Å². The molecule has 1 fully saturated rings. The summed E-state index contributed by atoms with van der Waals surface area (Å²) in [5.74, 6) is 0.687. The Bertz CT molecular complexity index is 454. The number of benzene rings is 1. The maximum absolute atomic E-state index is 10.8. The van der Waals surface area contributed by atoms with E-state index >= 15 is 0 Å². The Labute approximate surface area is 112 Å². The summed E-state index contributed by atoms with van der Waals surface area (Å²) in [6.07, 6.45) is 3.94. The quantitative estimate of drug-likeness (QED) is 0.647. The molecule has 0 saturated heterocycles. The number of non-ortho nitro benzene ring substituents is 1. The van der Waals surface area contributed by atoms with E-state index in [1.54, 1.807) is 6.07 Å². The third-order valence-electron chi connectivity index (χ3n) is 4.00. The first-order valence-electron chi connectivity index (χ1n) is 6.68. The van der Waals surface area contributed by atoms with Crippen LogP contribution in [0.5, 0.6) is 0 Å². The van der Waals surface area contributed by atoms with Crippen molar-refractivity contribution in [1.29, 1.82) is 0 Å². The number of hydrogen-bond donors (Lipinski definition) is 2. The van der Waals surface area contributed by atoms with E-state index in [1.165, 1.54) is 12.1 Å². The van der Waals surface area contributed by atoms with Crippen LogP contribution in [-0.2, 0) is 0 Å². The topological polar surface area (TPSA) is 75.4 Å². The molecule has 5 nitrogen and oxygen atoms in total. The molecule has 0 atom stereocenters. The van der Waals surface area contributed by atoms with Gasteiger partial charge in [-0.1, -0.05) is 13.0 Å². The van der Waals surface area contributed by atoms with Crippen LogP contribution in [0.15, 0.2) is 24.3 Å². The molecule has 1 aromatic rings. The Balaban J connectivity index is 2.14. The molecule has 0 bridgehead atoms. The van der Waals surface area contributed by atoms with Gasteiger partial charge in [-0.25, -0.2) is 0 Å². The predicted octanol–water partition coefficient (Wildman–Crippen LogP) is 2.95. The van der Waals surface area contributed by atoms with Gasteiger partial charge in [0.25, 0.3) is 5.69 Å². The maximum atomic E-state index is 10.8. The van der Waals surface area contributed by atoms with Crippen LogP contribution in [0.1, 0.15) is 32.6 Å². The molecule has 1 saturated carbocycles. The normalized spacial score (nSPS) is 26.9. The molecule has 0 amide bonds. The molecule has 0 unspecified atom stereocenters. The van der Waals surface area contributed by atoms with Gasteiger partial charge in [0.05, 0.1) is 17.1 Å². The summed E-state index contributed by atoms with van der Waals surface area (Å²) in [7, 11) is 0. The molecule has 5 heteroatoms. The molecule has 0 spiro atoms. The number of nitro benzene ring substituents is 1. The molecule has 0 heterocycles. The summed E-state index contributed by atoms with van der Waals surface area (Å²) in [6.45, 7) is 2.27. The van der Waals surface area contributed by atoms with Gasteiger partial charge in [0.1, 0.15) is 0 Å². The third kappa shape index (κ3) is 3.23. The van der Waals surface area contributed by atoms with Crippen LogP contribution < -0.4 is 5.32 Å². The lowest BCUT2D eigenvalue weighted by Crippen LogP contribution is -2.45. The smallest absolute Gasteiger partial charge is 0.271 e. The number of nitrogens with one attached hydrogen (secondary N) is 1. The van der Waals surface area contributed by atoms with E-state index in [1.807, 2.05) is 6.07 Å². The minimum absolute atomic E-state index is 0.0579. The van der Waals surface area contributed by atoms with Crippen molar-refractivity contribution in [2.24, 2.45) is 5.92 Å². The van der Waals surface area contributed by atoms with Crippen LogP contribution in [-0.4, -0.2) is 22.2 Å². The van der Waals surface area contributed by atoms with E-state index in [0.29, 0.717) is 11.6 Å². The first-order valence-corrected chi connectivity index (χ1v) is 6.68. The van der Waals surface area contributed by atoms with Gasteiger partial charge < -0.3 is 10.4 Å². The Hall–Kier alpha value is -1.62. The van der Waals surface area contributed by atoms with Gasteiger partial charge in [0.2, 0.25) is 0 Å². The molecule has 0 aromatic heterocycles. The number of hydrogen-bond acceptors (Lipinski definition) is 4. The van der Waals surface area contributed by atoms with Crippen LogP contribution in [0, 0.1) is 16.0 Å². The summed E-state index contributed by atoms with van der Waals surface area (Å²) in [4.78, 5) is 10.4. The molecule has 1 aliphatic carbocycles. The fourth-order valence-electron chi connectivity index (χ4n) is 2.64. The number of rotatable bonds is 4. The Morgan fingerprint density at radius 3 is 2.74 bits per heavy atom. The summed E-state index contributed by atoms with van der Waals surface area (Å²) in [5, 5.41) is 23.7. The van der Waals surface area contributed by atoms with E-state index in [0.717, 1.165) is 25.7 Å². The second kappa shape index (κ2) is 5.57. The van der Waals surface area contributed by atoms with Crippen molar-refractivity contribution < 1.29 is 10.0 Å².